The highest BCUT2D eigenvalue weighted by Crippen LogP contribution is 2.38. The summed E-state index contributed by atoms with van der Waals surface area (Å²) in [5.41, 5.74) is 7.22. The SMILES string of the molecule is N#Cc1cnc2c(Cl)cc(N[C@H](C3=CN(C4CC4)NN3)c3cccc(C(F)(F)F)c3)cc2c1Nc1cnc(F)c(F)c1. The molecule has 6 rings (SSSR count). The smallest absolute Gasteiger partial charge is 0.373 e. The van der Waals surface area contributed by atoms with Crippen LogP contribution in [0.4, 0.5) is 39.0 Å². The average Bonchev–Trinajstić information content (AvgIpc) is 3.70. The lowest BCUT2D eigenvalue weighted by molar-refractivity contribution is -0.137. The molecule has 3 heterocycles. The maximum absolute atomic E-state index is 13.9. The van der Waals surface area contributed by atoms with Crippen molar-refractivity contribution in [3.63, 3.8) is 0 Å². The third kappa shape index (κ3) is 5.46. The Morgan fingerprint density at radius 3 is 2.60 bits per heavy atom. The van der Waals surface area contributed by atoms with Crippen LogP contribution < -0.4 is 21.6 Å². The van der Waals surface area contributed by atoms with Gasteiger partial charge in [0.1, 0.15) is 6.07 Å². The normalized spacial score (nSPS) is 15.6. The van der Waals surface area contributed by atoms with E-state index in [-0.39, 0.29) is 28.0 Å². The van der Waals surface area contributed by atoms with Crippen molar-refractivity contribution in [3.8, 4) is 6.07 Å². The van der Waals surface area contributed by atoms with Gasteiger partial charge in [0.25, 0.3) is 0 Å². The van der Waals surface area contributed by atoms with E-state index in [1.54, 1.807) is 24.4 Å². The van der Waals surface area contributed by atoms with Gasteiger partial charge in [-0.3, -0.25) is 9.99 Å². The first-order valence-electron chi connectivity index (χ1n) is 12.7. The van der Waals surface area contributed by atoms with E-state index in [4.69, 9.17) is 11.6 Å². The molecule has 4 N–H and O–H groups in total. The van der Waals surface area contributed by atoms with Crippen molar-refractivity contribution in [1.82, 2.24) is 25.9 Å². The molecule has 1 atom stereocenters. The molecule has 14 heteroatoms. The van der Waals surface area contributed by atoms with Gasteiger partial charge in [0.2, 0.25) is 5.95 Å². The zero-order valence-electron chi connectivity index (χ0n) is 21.4. The first-order chi connectivity index (χ1) is 20.1. The van der Waals surface area contributed by atoms with E-state index >= 15 is 0 Å². The van der Waals surface area contributed by atoms with Gasteiger partial charge in [-0.15, -0.1) is 5.53 Å². The summed E-state index contributed by atoms with van der Waals surface area (Å²) in [5.74, 6) is -2.47. The van der Waals surface area contributed by atoms with Crippen molar-refractivity contribution in [1.29, 1.82) is 5.26 Å². The van der Waals surface area contributed by atoms with Crippen LogP contribution in [0.3, 0.4) is 0 Å². The second kappa shape index (κ2) is 10.6. The largest absolute Gasteiger partial charge is 0.416 e. The van der Waals surface area contributed by atoms with Gasteiger partial charge in [0, 0.05) is 35.6 Å². The van der Waals surface area contributed by atoms with E-state index in [1.165, 1.54) is 12.3 Å². The monoisotopic (exact) mass is 598 g/mol. The first-order valence-corrected chi connectivity index (χ1v) is 13.0. The molecular formula is C28H20ClF5N8. The molecule has 4 aromatic rings. The number of nitrogens with zero attached hydrogens (tertiary/aromatic N) is 4. The van der Waals surface area contributed by atoms with Crippen LogP contribution in [0.2, 0.25) is 5.02 Å². The van der Waals surface area contributed by atoms with Crippen molar-refractivity contribution in [2.45, 2.75) is 31.1 Å². The number of nitrogens with one attached hydrogen (secondary N) is 4. The molecule has 1 saturated carbocycles. The molecule has 0 radical (unpaired) electrons. The van der Waals surface area contributed by atoms with Crippen LogP contribution in [0.1, 0.15) is 35.6 Å². The Balaban J connectivity index is 1.44. The second-order valence-electron chi connectivity index (χ2n) is 9.79. The highest BCUT2D eigenvalue weighted by Gasteiger charge is 2.34. The van der Waals surface area contributed by atoms with Gasteiger partial charge < -0.3 is 16.1 Å². The summed E-state index contributed by atoms with van der Waals surface area (Å²) in [7, 11) is 0. The number of benzene rings is 2. The molecule has 0 amide bonds. The maximum atomic E-state index is 13.9. The van der Waals surface area contributed by atoms with Gasteiger partial charge in [0.15, 0.2) is 5.82 Å². The van der Waals surface area contributed by atoms with Crippen molar-refractivity contribution in [2.24, 2.45) is 0 Å². The number of hydrogen-bond donors (Lipinski definition) is 4. The molecule has 1 aliphatic heterocycles. The molecule has 8 nitrogen and oxygen atoms in total. The first kappa shape index (κ1) is 27.5. The van der Waals surface area contributed by atoms with Crippen LogP contribution in [0, 0.1) is 23.1 Å². The number of aromatic nitrogens is 2. The number of pyridine rings is 2. The molecule has 0 spiro atoms. The Hall–Kier alpha value is -4.67. The summed E-state index contributed by atoms with van der Waals surface area (Å²) in [5, 5.41) is 18.3. The highest BCUT2D eigenvalue weighted by molar-refractivity contribution is 6.36. The molecule has 1 aliphatic carbocycles. The zero-order chi connectivity index (χ0) is 29.6. The van der Waals surface area contributed by atoms with Crippen LogP contribution in [-0.2, 0) is 6.18 Å². The minimum Gasteiger partial charge on any atom is -0.373 e. The number of halogens is 6. The number of fused-ring (bicyclic) bond motifs is 1. The summed E-state index contributed by atoms with van der Waals surface area (Å²) in [6, 6.07) is 10.6. The van der Waals surface area contributed by atoms with Crippen molar-refractivity contribution in [3.05, 3.63) is 100 Å². The molecule has 0 bridgehead atoms. The lowest BCUT2D eigenvalue weighted by Gasteiger charge is -2.23. The van der Waals surface area contributed by atoms with Crippen LogP contribution >= 0.6 is 11.6 Å². The van der Waals surface area contributed by atoms with Gasteiger partial charge in [-0.2, -0.15) is 22.8 Å². The third-order valence-electron chi connectivity index (χ3n) is 6.83. The van der Waals surface area contributed by atoms with Gasteiger partial charge in [-0.05, 0) is 42.7 Å². The van der Waals surface area contributed by atoms with Crippen molar-refractivity contribution >= 4 is 39.6 Å². The fraction of sp³-hybridized carbons (Fsp3) is 0.179. The Labute approximate surface area is 240 Å². The molecule has 2 aromatic heterocycles. The van der Waals surface area contributed by atoms with Gasteiger partial charge in [0.05, 0.1) is 51.0 Å². The summed E-state index contributed by atoms with van der Waals surface area (Å²) in [4.78, 5) is 7.64. The van der Waals surface area contributed by atoms with Crippen molar-refractivity contribution in [2.75, 3.05) is 10.6 Å². The minimum atomic E-state index is -4.54. The molecule has 2 aromatic carbocycles. The summed E-state index contributed by atoms with van der Waals surface area (Å²) < 4.78 is 68.1. The van der Waals surface area contributed by atoms with Crippen LogP contribution in [0.5, 0.6) is 0 Å². The predicted molar refractivity (Wildman–Crippen MR) is 146 cm³/mol. The number of nitriles is 1. The highest BCUT2D eigenvalue weighted by atomic mass is 35.5. The molecule has 0 unspecified atom stereocenters. The fourth-order valence-corrected chi connectivity index (χ4v) is 4.91. The standard InChI is InChI=1S/C28H20ClF5N8/c29-21-8-17(7-20-24(15(10-35)11-36-26(20)21)39-18-9-22(30)27(31)37-12-18)38-25(23-13-42(41-40-23)19-4-5-19)14-2-1-3-16(6-14)28(32,33)34/h1-3,6-9,11-13,19,25,38,40-41H,4-5H2,(H,36,39)/t25-/m0/s1. The molecule has 2 aliphatic rings. The van der Waals surface area contributed by atoms with E-state index in [0.717, 1.165) is 37.2 Å². The molecule has 1 fully saturated rings. The summed E-state index contributed by atoms with van der Waals surface area (Å²) in [6.45, 7) is 0. The van der Waals surface area contributed by atoms with Crippen LogP contribution in [-0.4, -0.2) is 21.0 Å². The van der Waals surface area contributed by atoms with E-state index < -0.39 is 29.5 Å². The van der Waals surface area contributed by atoms with Crippen LogP contribution in [0.15, 0.2) is 66.8 Å². The molecule has 0 saturated heterocycles. The lowest BCUT2D eigenvalue weighted by atomic mass is 10.0. The Morgan fingerprint density at radius 1 is 1.07 bits per heavy atom. The molecule has 214 valence electrons. The minimum absolute atomic E-state index is 0.0702. The van der Waals surface area contributed by atoms with E-state index in [0.29, 0.717) is 27.9 Å². The van der Waals surface area contributed by atoms with E-state index in [9.17, 15) is 27.2 Å². The Kier molecular flexibility index (Phi) is 6.96. The second-order valence-corrected chi connectivity index (χ2v) is 10.2. The maximum Gasteiger partial charge on any atom is 0.416 e. The zero-order valence-corrected chi connectivity index (χ0v) is 22.2. The van der Waals surface area contributed by atoms with Crippen molar-refractivity contribution < 1.29 is 22.0 Å². The average molecular weight is 599 g/mol. The Bertz CT molecular complexity index is 1770. The van der Waals surface area contributed by atoms with E-state index in [2.05, 4.69) is 31.6 Å². The quantitative estimate of drug-likeness (QED) is 0.138. The number of hydrazine groups is 2. The third-order valence-corrected chi connectivity index (χ3v) is 7.12. The van der Waals surface area contributed by atoms with Gasteiger partial charge >= 0.3 is 6.18 Å². The number of hydrogen-bond acceptors (Lipinski definition) is 8. The van der Waals surface area contributed by atoms with E-state index in [1.807, 2.05) is 11.1 Å². The number of alkyl halides is 3. The Morgan fingerprint density at radius 2 is 1.88 bits per heavy atom. The van der Waals surface area contributed by atoms with Gasteiger partial charge in [-0.1, -0.05) is 23.7 Å². The molecular weight excluding hydrogens is 579 g/mol. The lowest BCUT2D eigenvalue weighted by Crippen LogP contribution is -2.38. The topological polar surface area (TPSA) is 101 Å². The van der Waals surface area contributed by atoms with Gasteiger partial charge in [-0.25, -0.2) is 9.37 Å². The van der Waals surface area contributed by atoms with Crippen LogP contribution in [0.25, 0.3) is 10.9 Å². The summed E-state index contributed by atoms with van der Waals surface area (Å²) >= 11 is 6.59. The number of anilines is 3. The predicted octanol–water partition coefficient (Wildman–Crippen LogP) is 6.68. The fourth-order valence-electron chi connectivity index (χ4n) is 4.64. The summed E-state index contributed by atoms with van der Waals surface area (Å²) in [6.07, 6.45) is 1.58. The number of rotatable bonds is 7. The molecule has 42 heavy (non-hydrogen) atoms.